The number of carbonyl (C=O) groups excluding carboxylic acids is 1. The van der Waals surface area contributed by atoms with Gasteiger partial charge in [0.2, 0.25) is 0 Å². The van der Waals surface area contributed by atoms with E-state index in [0.717, 1.165) is 17.0 Å². The Kier molecular flexibility index (Phi) is 4.50. The Bertz CT molecular complexity index is 604. The second-order valence-corrected chi connectivity index (χ2v) is 6.18. The minimum absolute atomic E-state index is 0.211. The molecular weight excluding hydrogens is 278 g/mol. The molecule has 1 aromatic carbocycles. The van der Waals surface area contributed by atoms with Crippen molar-refractivity contribution in [2.24, 2.45) is 0 Å². The van der Waals surface area contributed by atoms with Crippen LogP contribution in [-0.2, 0) is 9.53 Å². The van der Waals surface area contributed by atoms with Gasteiger partial charge in [-0.3, -0.25) is 0 Å². The number of carbonyl (C=O) groups is 1. The molecule has 1 aliphatic heterocycles. The van der Waals surface area contributed by atoms with Crippen molar-refractivity contribution in [1.29, 1.82) is 0 Å². The SMILES string of the molecule is CC[C@@H](C(=O)OC)N1c2cc(OC)ccc2C(C)=CC1(C)C. The number of ether oxygens (including phenoxy) is 2. The number of allylic oxidation sites excluding steroid dienone is 1. The number of methoxy groups -OCH3 is 2. The van der Waals surface area contributed by atoms with Gasteiger partial charge in [0.25, 0.3) is 0 Å². The lowest BCUT2D eigenvalue weighted by Crippen LogP contribution is -2.54. The highest BCUT2D eigenvalue weighted by atomic mass is 16.5. The van der Waals surface area contributed by atoms with Gasteiger partial charge in [-0.15, -0.1) is 0 Å². The zero-order valence-electron chi connectivity index (χ0n) is 14.3. The van der Waals surface area contributed by atoms with Crippen LogP contribution in [0.15, 0.2) is 24.3 Å². The molecule has 0 aliphatic carbocycles. The number of benzene rings is 1. The first kappa shape index (κ1) is 16.4. The van der Waals surface area contributed by atoms with E-state index in [1.54, 1.807) is 7.11 Å². The van der Waals surface area contributed by atoms with E-state index in [-0.39, 0.29) is 17.6 Å². The molecule has 0 aromatic heterocycles. The predicted molar refractivity (Wildman–Crippen MR) is 89.3 cm³/mol. The lowest BCUT2D eigenvalue weighted by molar-refractivity contribution is -0.142. The van der Waals surface area contributed by atoms with Gasteiger partial charge in [0.1, 0.15) is 11.8 Å². The average Bonchev–Trinajstić information content (AvgIpc) is 2.49. The highest BCUT2D eigenvalue weighted by molar-refractivity contribution is 5.88. The summed E-state index contributed by atoms with van der Waals surface area (Å²) >= 11 is 0. The Morgan fingerprint density at radius 2 is 2.00 bits per heavy atom. The lowest BCUT2D eigenvalue weighted by atomic mass is 9.86. The Labute approximate surface area is 132 Å². The van der Waals surface area contributed by atoms with E-state index in [2.05, 4.69) is 31.7 Å². The molecule has 0 saturated heterocycles. The fourth-order valence-corrected chi connectivity index (χ4v) is 3.32. The van der Waals surface area contributed by atoms with Crippen LogP contribution in [0.2, 0.25) is 0 Å². The van der Waals surface area contributed by atoms with E-state index in [0.29, 0.717) is 6.42 Å². The third kappa shape index (κ3) is 2.70. The molecule has 4 heteroatoms. The third-order valence-electron chi connectivity index (χ3n) is 4.25. The fraction of sp³-hybridized carbons (Fsp3) is 0.500. The zero-order chi connectivity index (χ0) is 16.5. The monoisotopic (exact) mass is 303 g/mol. The Balaban J connectivity index is 2.64. The largest absolute Gasteiger partial charge is 0.497 e. The molecule has 0 saturated carbocycles. The van der Waals surface area contributed by atoms with Gasteiger partial charge in [-0.05, 0) is 44.9 Å². The van der Waals surface area contributed by atoms with Crippen molar-refractivity contribution >= 4 is 17.2 Å². The van der Waals surface area contributed by atoms with Crippen LogP contribution in [0.5, 0.6) is 5.75 Å². The molecule has 1 atom stereocenters. The van der Waals surface area contributed by atoms with Gasteiger partial charge in [-0.2, -0.15) is 0 Å². The summed E-state index contributed by atoms with van der Waals surface area (Å²) in [5, 5.41) is 0. The summed E-state index contributed by atoms with van der Waals surface area (Å²) in [6, 6.07) is 5.67. The standard InChI is InChI=1S/C18H25NO3/c1-7-15(17(20)22-6)19-16-10-13(21-5)8-9-14(16)12(2)11-18(19,3)4/h8-11,15H,7H2,1-6H3/t15-/m0/s1. The van der Waals surface area contributed by atoms with Crippen molar-refractivity contribution in [3.05, 3.63) is 29.8 Å². The first-order chi connectivity index (χ1) is 10.4. The van der Waals surface area contributed by atoms with E-state index in [1.807, 2.05) is 25.1 Å². The molecular formula is C18H25NO3. The minimum atomic E-state index is -0.324. The lowest BCUT2D eigenvalue weighted by Gasteiger charge is -2.46. The molecule has 0 fully saturated rings. The molecule has 1 aromatic rings. The van der Waals surface area contributed by atoms with E-state index in [9.17, 15) is 4.79 Å². The molecule has 120 valence electrons. The van der Waals surface area contributed by atoms with Crippen LogP contribution in [-0.4, -0.2) is 31.8 Å². The summed E-state index contributed by atoms with van der Waals surface area (Å²) in [7, 11) is 3.09. The first-order valence-corrected chi connectivity index (χ1v) is 7.60. The maximum Gasteiger partial charge on any atom is 0.328 e. The molecule has 0 spiro atoms. The van der Waals surface area contributed by atoms with Crippen LogP contribution in [0.4, 0.5) is 5.69 Å². The van der Waals surface area contributed by atoms with Crippen molar-refractivity contribution in [3.8, 4) is 5.75 Å². The molecule has 2 rings (SSSR count). The van der Waals surface area contributed by atoms with Gasteiger partial charge in [0.15, 0.2) is 0 Å². The number of nitrogens with zero attached hydrogens (tertiary/aromatic N) is 1. The molecule has 1 heterocycles. The average molecular weight is 303 g/mol. The summed E-state index contributed by atoms with van der Waals surface area (Å²) in [5.41, 5.74) is 3.07. The van der Waals surface area contributed by atoms with Gasteiger partial charge in [-0.1, -0.05) is 13.0 Å². The van der Waals surface area contributed by atoms with E-state index >= 15 is 0 Å². The topological polar surface area (TPSA) is 38.8 Å². The third-order valence-corrected chi connectivity index (χ3v) is 4.25. The molecule has 0 radical (unpaired) electrons. The number of hydrogen-bond acceptors (Lipinski definition) is 4. The smallest absolute Gasteiger partial charge is 0.328 e. The van der Waals surface area contributed by atoms with Crippen LogP contribution in [0.1, 0.15) is 39.7 Å². The second-order valence-electron chi connectivity index (χ2n) is 6.18. The normalized spacial score (nSPS) is 17.4. The summed E-state index contributed by atoms with van der Waals surface area (Å²) in [6.45, 7) is 8.33. The number of rotatable bonds is 4. The second kappa shape index (κ2) is 6.03. The highest BCUT2D eigenvalue weighted by Gasteiger charge is 2.39. The molecule has 0 N–H and O–H groups in total. The summed E-state index contributed by atoms with van der Waals surface area (Å²) in [4.78, 5) is 14.4. The molecule has 0 bridgehead atoms. The molecule has 1 aliphatic rings. The van der Waals surface area contributed by atoms with Gasteiger partial charge in [0.05, 0.1) is 19.8 Å². The van der Waals surface area contributed by atoms with Crippen LogP contribution in [0.25, 0.3) is 5.57 Å². The number of esters is 1. The van der Waals surface area contributed by atoms with E-state index in [1.165, 1.54) is 12.7 Å². The van der Waals surface area contributed by atoms with Crippen LogP contribution in [0, 0.1) is 0 Å². The maximum atomic E-state index is 12.3. The summed E-state index contributed by atoms with van der Waals surface area (Å²) < 4.78 is 10.4. The van der Waals surface area contributed by atoms with Crippen molar-refractivity contribution in [1.82, 2.24) is 0 Å². The Morgan fingerprint density at radius 1 is 1.32 bits per heavy atom. The molecule has 0 unspecified atom stereocenters. The molecule has 0 amide bonds. The number of anilines is 1. The molecule has 4 nitrogen and oxygen atoms in total. The van der Waals surface area contributed by atoms with E-state index in [4.69, 9.17) is 9.47 Å². The predicted octanol–water partition coefficient (Wildman–Crippen LogP) is 3.65. The quantitative estimate of drug-likeness (QED) is 0.796. The maximum absolute atomic E-state index is 12.3. The van der Waals surface area contributed by atoms with Gasteiger partial charge >= 0.3 is 5.97 Å². The highest BCUT2D eigenvalue weighted by Crippen LogP contribution is 2.42. The minimum Gasteiger partial charge on any atom is -0.497 e. The van der Waals surface area contributed by atoms with E-state index < -0.39 is 0 Å². The van der Waals surface area contributed by atoms with Crippen LogP contribution < -0.4 is 9.64 Å². The Hall–Kier alpha value is -1.97. The fourth-order valence-electron chi connectivity index (χ4n) is 3.32. The zero-order valence-corrected chi connectivity index (χ0v) is 14.3. The van der Waals surface area contributed by atoms with Gasteiger partial charge in [0, 0.05) is 17.3 Å². The van der Waals surface area contributed by atoms with Crippen molar-refractivity contribution in [3.63, 3.8) is 0 Å². The molecule has 22 heavy (non-hydrogen) atoms. The summed E-state index contributed by atoms with van der Waals surface area (Å²) in [6.07, 6.45) is 2.88. The van der Waals surface area contributed by atoms with Crippen LogP contribution in [0.3, 0.4) is 0 Å². The van der Waals surface area contributed by atoms with Crippen molar-refractivity contribution in [2.45, 2.75) is 45.7 Å². The Morgan fingerprint density at radius 3 is 2.55 bits per heavy atom. The first-order valence-electron chi connectivity index (χ1n) is 7.60. The van der Waals surface area contributed by atoms with Crippen molar-refractivity contribution in [2.75, 3.05) is 19.1 Å². The number of hydrogen-bond donors (Lipinski definition) is 0. The van der Waals surface area contributed by atoms with Gasteiger partial charge in [-0.25, -0.2) is 4.79 Å². The van der Waals surface area contributed by atoms with Gasteiger partial charge < -0.3 is 14.4 Å². The number of fused-ring (bicyclic) bond motifs is 1. The van der Waals surface area contributed by atoms with Crippen molar-refractivity contribution < 1.29 is 14.3 Å². The summed E-state index contributed by atoms with van der Waals surface area (Å²) in [5.74, 6) is 0.575. The van der Waals surface area contributed by atoms with Crippen LogP contribution >= 0.6 is 0 Å².